The minimum atomic E-state index is 0.589. The summed E-state index contributed by atoms with van der Waals surface area (Å²) in [5, 5.41) is 3.92. The van der Waals surface area contributed by atoms with E-state index in [9.17, 15) is 0 Å². The van der Waals surface area contributed by atoms with Gasteiger partial charge >= 0.3 is 0 Å². The summed E-state index contributed by atoms with van der Waals surface area (Å²) in [6.45, 7) is 9.68. The number of rotatable bonds is 2. The average Bonchev–Trinajstić information content (AvgIpc) is 2.52. The van der Waals surface area contributed by atoms with Crippen LogP contribution in [0.2, 0.25) is 0 Å². The van der Waals surface area contributed by atoms with Gasteiger partial charge in [-0.1, -0.05) is 27.7 Å². The SMILES string of the molecule is CC1CCC(NC2CCC(C)(C)C2)CC1C. The Kier molecular flexibility index (Phi) is 3.63. The first-order valence-corrected chi connectivity index (χ1v) is 7.22. The average molecular weight is 223 g/mol. The third kappa shape index (κ3) is 3.00. The van der Waals surface area contributed by atoms with Crippen molar-refractivity contribution in [2.24, 2.45) is 17.3 Å². The fourth-order valence-corrected chi connectivity index (χ4v) is 3.61. The zero-order valence-electron chi connectivity index (χ0n) is 11.6. The molecular formula is C15H29N. The third-order valence-electron chi connectivity index (χ3n) is 5.04. The molecule has 0 spiro atoms. The van der Waals surface area contributed by atoms with Crippen LogP contribution in [-0.4, -0.2) is 12.1 Å². The Labute approximate surface area is 101 Å². The highest BCUT2D eigenvalue weighted by Gasteiger charge is 2.33. The molecule has 4 atom stereocenters. The molecule has 4 unspecified atom stereocenters. The molecule has 1 N–H and O–H groups in total. The van der Waals surface area contributed by atoms with Crippen LogP contribution in [0.15, 0.2) is 0 Å². The van der Waals surface area contributed by atoms with E-state index in [4.69, 9.17) is 0 Å². The second-order valence-corrected chi connectivity index (χ2v) is 7.24. The molecule has 2 saturated carbocycles. The Hall–Kier alpha value is -0.0400. The Morgan fingerprint density at radius 1 is 0.938 bits per heavy atom. The van der Waals surface area contributed by atoms with Crippen LogP contribution < -0.4 is 5.32 Å². The second kappa shape index (κ2) is 4.68. The van der Waals surface area contributed by atoms with E-state index in [2.05, 4.69) is 33.0 Å². The third-order valence-corrected chi connectivity index (χ3v) is 5.04. The van der Waals surface area contributed by atoms with Gasteiger partial charge in [-0.15, -0.1) is 0 Å². The molecular weight excluding hydrogens is 194 g/mol. The lowest BCUT2D eigenvalue weighted by molar-refractivity contribution is 0.212. The molecule has 1 nitrogen and oxygen atoms in total. The standard InChI is InChI=1S/C15H29N/c1-11-5-6-13(9-12(11)2)16-14-7-8-15(3,4)10-14/h11-14,16H,5-10H2,1-4H3. The van der Waals surface area contributed by atoms with Gasteiger partial charge in [-0.25, -0.2) is 0 Å². The lowest BCUT2D eigenvalue weighted by atomic mass is 9.79. The van der Waals surface area contributed by atoms with Gasteiger partial charge in [-0.05, 0) is 55.8 Å². The maximum absolute atomic E-state index is 3.92. The van der Waals surface area contributed by atoms with E-state index in [0.29, 0.717) is 5.41 Å². The second-order valence-electron chi connectivity index (χ2n) is 7.24. The minimum absolute atomic E-state index is 0.589. The van der Waals surface area contributed by atoms with Gasteiger partial charge in [-0.3, -0.25) is 0 Å². The van der Waals surface area contributed by atoms with Crippen LogP contribution >= 0.6 is 0 Å². The highest BCUT2D eigenvalue weighted by Crippen LogP contribution is 2.38. The Balaban J connectivity index is 1.78. The largest absolute Gasteiger partial charge is 0.311 e. The number of hydrogen-bond donors (Lipinski definition) is 1. The summed E-state index contributed by atoms with van der Waals surface area (Å²) in [5.41, 5.74) is 0.589. The van der Waals surface area contributed by atoms with Crippen LogP contribution in [0.3, 0.4) is 0 Å². The number of nitrogens with one attached hydrogen (secondary N) is 1. The van der Waals surface area contributed by atoms with Crippen LogP contribution in [-0.2, 0) is 0 Å². The molecule has 0 bridgehead atoms. The van der Waals surface area contributed by atoms with Crippen molar-refractivity contribution in [1.82, 2.24) is 5.32 Å². The summed E-state index contributed by atoms with van der Waals surface area (Å²) in [7, 11) is 0. The summed E-state index contributed by atoms with van der Waals surface area (Å²) >= 11 is 0. The van der Waals surface area contributed by atoms with E-state index in [1.54, 1.807) is 0 Å². The van der Waals surface area contributed by atoms with Crippen molar-refractivity contribution < 1.29 is 0 Å². The van der Waals surface area contributed by atoms with Crippen LogP contribution in [0.25, 0.3) is 0 Å². The fraction of sp³-hybridized carbons (Fsp3) is 1.00. The van der Waals surface area contributed by atoms with Crippen LogP contribution in [0.4, 0.5) is 0 Å². The van der Waals surface area contributed by atoms with E-state index in [1.165, 1.54) is 38.5 Å². The molecule has 2 aliphatic carbocycles. The van der Waals surface area contributed by atoms with Gasteiger partial charge in [0.1, 0.15) is 0 Å². The lowest BCUT2D eigenvalue weighted by Crippen LogP contribution is -2.41. The Bertz CT molecular complexity index is 234. The van der Waals surface area contributed by atoms with Gasteiger partial charge < -0.3 is 5.32 Å². The molecule has 0 aromatic rings. The van der Waals surface area contributed by atoms with Crippen LogP contribution in [0, 0.1) is 17.3 Å². The molecule has 0 amide bonds. The summed E-state index contributed by atoms with van der Waals surface area (Å²) in [5.74, 6) is 1.86. The summed E-state index contributed by atoms with van der Waals surface area (Å²) < 4.78 is 0. The molecule has 0 heterocycles. The normalized spacial score (nSPS) is 43.5. The summed E-state index contributed by atoms with van der Waals surface area (Å²) in [6.07, 6.45) is 8.42. The van der Waals surface area contributed by atoms with Crippen LogP contribution in [0.5, 0.6) is 0 Å². The highest BCUT2D eigenvalue weighted by molar-refractivity contribution is 4.90. The fourth-order valence-electron chi connectivity index (χ4n) is 3.61. The van der Waals surface area contributed by atoms with E-state index >= 15 is 0 Å². The molecule has 2 aliphatic rings. The molecule has 0 radical (unpaired) electrons. The quantitative estimate of drug-likeness (QED) is 0.746. The molecule has 1 heteroatoms. The van der Waals surface area contributed by atoms with Crippen LogP contribution in [0.1, 0.15) is 66.2 Å². The lowest BCUT2D eigenvalue weighted by Gasteiger charge is -2.34. The molecule has 0 saturated heterocycles. The Morgan fingerprint density at radius 3 is 2.25 bits per heavy atom. The topological polar surface area (TPSA) is 12.0 Å². The van der Waals surface area contributed by atoms with Gasteiger partial charge in [0.2, 0.25) is 0 Å². The van der Waals surface area contributed by atoms with Crippen molar-refractivity contribution in [3.8, 4) is 0 Å². The Morgan fingerprint density at radius 2 is 1.69 bits per heavy atom. The van der Waals surface area contributed by atoms with Gasteiger partial charge in [0.25, 0.3) is 0 Å². The predicted molar refractivity (Wildman–Crippen MR) is 70.5 cm³/mol. The molecule has 0 aromatic heterocycles. The minimum Gasteiger partial charge on any atom is -0.311 e. The van der Waals surface area contributed by atoms with E-state index in [-0.39, 0.29) is 0 Å². The summed E-state index contributed by atoms with van der Waals surface area (Å²) in [4.78, 5) is 0. The highest BCUT2D eigenvalue weighted by atomic mass is 15.0. The van der Waals surface area contributed by atoms with Gasteiger partial charge in [0, 0.05) is 12.1 Å². The van der Waals surface area contributed by atoms with E-state index in [1.807, 2.05) is 0 Å². The molecule has 2 rings (SSSR count). The maximum Gasteiger partial charge on any atom is 0.00749 e. The van der Waals surface area contributed by atoms with Crippen molar-refractivity contribution >= 4 is 0 Å². The zero-order chi connectivity index (χ0) is 11.8. The van der Waals surface area contributed by atoms with Crippen molar-refractivity contribution in [2.75, 3.05) is 0 Å². The monoisotopic (exact) mass is 223 g/mol. The van der Waals surface area contributed by atoms with Crippen molar-refractivity contribution in [3.05, 3.63) is 0 Å². The first kappa shape index (κ1) is 12.4. The molecule has 94 valence electrons. The van der Waals surface area contributed by atoms with Crippen molar-refractivity contribution in [3.63, 3.8) is 0 Å². The smallest absolute Gasteiger partial charge is 0.00749 e. The van der Waals surface area contributed by atoms with E-state index < -0.39 is 0 Å². The van der Waals surface area contributed by atoms with Gasteiger partial charge in [0.15, 0.2) is 0 Å². The molecule has 16 heavy (non-hydrogen) atoms. The number of hydrogen-bond acceptors (Lipinski definition) is 1. The van der Waals surface area contributed by atoms with Crippen molar-refractivity contribution in [2.45, 2.75) is 78.3 Å². The van der Waals surface area contributed by atoms with E-state index in [0.717, 1.165) is 23.9 Å². The zero-order valence-corrected chi connectivity index (χ0v) is 11.6. The maximum atomic E-state index is 3.92. The van der Waals surface area contributed by atoms with Crippen molar-refractivity contribution in [1.29, 1.82) is 0 Å². The summed E-state index contributed by atoms with van der Waals surface area (Å²) in [6, 6.07) is 1.62. The van der Waals surface area contributed by atoms with Gasteiger partial charge in [0.05, 0.1) is 0 Å². The molecule has 2 fully saturated rings. The molecule has 0 aromatic carbocycles. The first-order valence-electron chi connectivity index (χ1n) is 7.22. The first-order chi connectivity index (χ1) is 7.46. The predicted octanol–water partition coefficient (Wildman–Crippen LogP) is 3.98. The van der Waals surface area contributed by atoms with Gasteiger partial charge in [-0.2, -0.15) is 0 Å². The molecule has 0 aliphatic heterocycles.